The highest BCUT2D eigenvalue weighted by atomic mass is 19.1. The van der Waals surface area contributed by atoms with Gasteiger partial charge in [-0.1, -0.05) is 18.2 Å². The number of nitrogens with zero attached hydrogens (tertiary/aromatic N) is 1. The molecule has 0 bridgehead atoms. The monoisotopic (exact) mass is 463 g/mol. The fraction of sp³-hybridized carbons (Fsp3) is 0.154. The lowest BCUT2D eigenvalue weighted by Crippen LogP contribution is -2.29. The lowest BCUT2D eigenvalue weighted by molar-refractivity contribution is -0.132. The van der Waals surface area contributed by atoms with Crippen LogP contribution in [0.1, 0.15) is 17.2 Å². The Bertz CT molecular complexity index is 1250. The molecule has 0 saturated carbocycles. The van der Waals surface area contributed by atoms with Crippen LogP contribution >= 0.6 is 0 Å². The van der Waals surface area contributed by atoms with Crippen molar-refractivity contribution in [3.8, 4) is 17.2 Å². The average molecular weight is 463 g/mol. The van der Waals surface area contributed by atoms with Gasteiger partial charge in [-0.25, -0.2) is 4.39 Å². The number of amides is 1. The van der Waals surface area contributed by atoms with Crippen molar-refractivity contribution >= 4 is 23.1 Å². The van der Waals surface area contributed by atoms with E-state index in [9.17, 15) is 19.1 Å². The van der Waals surface area contributed by atoms with Crippen LogP contribution < -0.4 is 19.1 Å². The van der Waals surface area contributed by atoms with Crippen molar-refractivity contribution in [2.45, 2.75) is 6.04 Å². The zero-order valence-corrected chi connectivity index (χ0v) is 18.7. The Morgan fingerprint density at radius 2 is 1.44 bits per heavy atom. The SMILES string of the molecule is COc1ccc(N2C(=O)C(=O)/C(=C(/O)c3c(OC)cccc3OC)C2c2ccc(F)cc2)cc1. The molecule has 1 fully saturated rings. The number of ether oxygens (including phenoxy) is 3. The van der Waals surface area contributed by atoms with Gasteiger partial charge in [0.05, 0.1) is 32.9 Å². The second kappa shape index (κ2) is 9.27. The summed E-state index contributed by atoms with van der Waals surface area (Å²) < 4.78 is 29.6. The number of Topliss-reactive ketones (excluding diaryl/α,β-unsaturated/α-hetero) is 1. The third-order valence-corrected chi connectivity index (χ3v) is 5.65. The number of aliphatic hydroxyl groups is 1. The van der Waals surface area contributed by atoms with Gasteiger partial charge in [0.25, 0.3) is 11.7 Å². The molecule has 3 aromatic carbocycles. The highest BCUT2D eigenvalue weighted by Crippen LogP contribution is 2.45. The molecule has 1 aliphatic rings. The first-order valence-corrected chi connectivity index (χ1v) is 10.3. The highest BCUT2D eigenvalue weighted by Gasteiger charge is 2.47. The molecule has 1 saturated heterocycles. The Morgan fingerprint density at radius 3 is 1.97 bits per heavy atom. The van der Waals surface area contributed by atoms with E-state index in [1.54, 1.807) is 42.5 Å². The van der Waals surface area contributed by atoms with E-state index in [1.165, 1.54) is 50.5 Å². The van der Waals surface area contributed by atoms with E-state index < -0.39 is 29.3 Å². The standard InChI is InChI=1S/C26H22FNO6/c1-32-18-13-11-17(12-14-18)28-23(15-7-9-16(27)10-8-15)22(25(30)26(28)31)24(29)21-19(33-2)5-4-6-20(21)34-3/h4-14,23,29H,1-3H3/b24-22+. The first-order valence-electron chi connectivity index (χ1n) is 10.3. The van der Waals surface area contributed by atoms with Crippen molar-refractivity contribution in [2.24, 2.45) is 0 Å². The molecule has 0 aliphatic carbocycles. The average Bonchev–Trinajstić information content (AvgIpc) is 3.13. The van der Waals surface area contributed by atoms with E-state index >= 15 is 0 Å². The summed E-state index contributed by atoms with van der Waals surface area (Å²) in [6.45, 7) is 0. The van der Waals surface area contributed by atoms with Gasteiger partial charge in [-0.2, -0.15) is 0 Å². The lowest BCUT2D eigenvalue weighted by atomic mass is 9.94. The van der Waals surface area contributed by atoms with Crippen LogP contribution in [-0.4, -0.2) is 38.1 Å². The molecule has 174 valence electrons. The van der Waals surface area contributed by atoms with Gasteiger partial charge in [0.1, 0.15) is 34.4 Å². The van der Waals surface area contributed by atoms with Gasteiger partial charge in [0.2, 0.25) is 0 Å². The van der Waals surface area contributed by atoms with Crippen LogP contribution in [0, 0.1) is 5.82 Å². The molecule has 7 nitrogen and oxygen atoms in total. The number of hydrogen-bond acceptors (Lipinski definition) is 6. The fourth-order valence-electron chi connectivity index (χ4n) is 4.02. The number of hydrogen-bond donors (Lipinski definition) is 1. The van der Waals surface area contributed by atoms with E-state index in [2.05, 4.69) is 0 Å². The zero-order valence-electron chi connectivity index (χ0n) is 18.7. The van der Waals surface area contributed by atoms with Crippen LogP contribution in [-0.2, 0) is 9.59 Å². The minimum absolute atomic E-state index is 0.132. The maximum Gasteiger partial charge on any atom is 0.300 e. The van der Waals surface area contributed by atoms with E-state index in [0.717, 1.165) is 0 Å². The van der Waals surface area contributed by atoms with Gasteiger partial charge in [0.15, 0.2) is 0 Å². The van der Waals surface area contributed by atoms with Gasteiger partial charge in [-0.05, 0) is 54.1 Å². The first-order chi connectivity index (χ1) is 16.4. The molecule has 1 N–H and O–H groups in total. The number of methoxy groups -OCH3 is 3. The quantitative estimate of drug-likeness (QED) is 0.330. The number of aliphatic hydroxyl groups excluding tert-OH is 1. The number of carbonyl (C=O) groups is 2. The molecule has 1 heterocycles. The molecule has 0 radical (unpaired) electrons. The maximum absolute atomic E-state index is 13.7. The largest absolute Gasteiger partial charge is 0.506 e. The lowest BCUT2D eigenvalue weighted by Gasteiger charge is -2.26. The van der Waals surface area contributed by atoms with Crippen molar-refractivity contribution < 1.29 is 33.3 Å². The van der Waals surface area contributed by atoms with E-state index in [1.807, 2.05) is 0 Å². The molecule has 0 aromatic heterocycles. The van der Waals surface area contributed by atoms with Gasteiger partial charge in [0, 0.05) is 5.69 Å². The smallest absolute Gasteiger partial charge is 0.300 e. The van der Waals surface area contributed by atoms with Gasteiger partial charge >= 0.3 is 0 Å². The third-order valence-electron chi connectivity index (χ3n) is 5.65. The van der Waals surface area contributed by atoms with Crippen molar-refractivity contribution in [1.82, 2.24) is 0 Å². The van der Waals surface area contributed by atoms with E-state index in [-0.39, 0.29) is 22.6 Å². The number of anilines is 1. The van der Waals surface area contributed by atoms with Crippen LogP contribution in [0.5, 0.6) is 17.2 Å². The molecule has 1 aliphatic heterocycles. The Labute approximate surface area is 195 Å². The number of ketones is 1. The summed E-state index contributed by atoms with van der Waals surface area (Å²) in [7, 11) is 4.35. The Hall–Kier alpha value is -4.33. The van der Waals surface area contributed by atoms with Crippen LogP contribution in [0.15, 0.2) is 72.3 Å². The van der Waals surface area contributed by atoms with E-state index in [0.29, 0.717) is 17.0 Å². The van der Waals surface area contributed by atoms with Crippen LogP contribution in [0.4, 0.5) is 10.1 Å². The number of benzene rings is 3. The molecule has 1 atom stereocenters. The minimum Gasteiger partial charge on any atom is -0.506 e. The van der Waals surface area contributed by atoms with E-state index in [4.69, 9.17) is 14.2 Å². The maximum atomic E-state index is 13.7. The molecular weight excluding hydrogens is 441 g/mol. The first kappa shape index (κ1) is 22.8. The topological polar surface area (TPSA) is 85.3 Å². The normalized spacial score (nSPS) is 17.1. The summed E-state index contributed by atoms with van der Waals surface area (Å²) in [5.74, 6) is -1.59. The van der Waals surface area contributed by atoms with Crippen molar-refractivity contribution in [2.75, 3.05) is 26.2 Å². The molecule has 0 spiro atoms. The molecule has 3 aromatic rings. The summed E-state index contributed by atoms with van der Waals surface area (Å²) in [4.78, 5) is 27.8. The fourth-order valence-corrected chi connectivity index (χ4v) is 4.02. The highest BCUT2D eigenvalue weighted by molar-refractivity contribution is 6.51. The summed E-state index contributed by atoms with van der Waals surface area (Å²) in [5, 5.41) is 11.4. The molecule has 8 heteroatoms. The summed E-state index contributed by atoms with van der Waals surface area (Å²) >= 11 is 0. The molecule has 1 unspecified atom stereocenters. The predicted octanol–water partition coefficient (Wildman–Crippen LogP) is 4.48. The number of rotatable bonds is 6. The van der Waals surface area contributed by atoms with Crippen LogP contribution in [0.3, 0.4) is 0 Å². The summed E-state index contributed by atoms with van der Waals surface area (Å²) in [6.07, 6.45) is 0. The zero-order chi connectivity index (χ0) is 24.4. The van der Waals surface area contributed by atoms with Gasteiger partial charge in [-0.3, -0.25) is 14.5 Å². The predicted molar refractivity (Wildman–Crippen MR) is 124 cm³/mol. The van der Waals surface area contributed by atoms with Crippen molar-refractivity contribution in [3.63, 3.8) is 0 Å². The van der Waals surface area contributed by atoms with Gasteiger partial charge in [-0.15, -0.1) is 0 Å². The van der Waals surface area contributed by atoms with Crippen molar-refractivity contribution in [3.05, 3.63) is 89.2 Å². The van der Waals surface area contributed by atoms with Crippen LogP contribution in [0.25, 0.3) is 5.76 Å². The van der Waals surface area contributed by atoms with Crippen LogP contribution in [0.2, 0.25) is 0 Å². The molecule has 34 heavy (non-hydrogen) atoms. The van der Waals surface area contributed by atoms with Gasteiger partial charge < -0.3 is 19.3 Å². The number of carbonyl (C=O) groups excluding carboxylic acids is 2. The Morgan fingerprint density at radius 1 is 0.853 bits per heavy atom. The minimum atomic E-state index is -1.02. The second-order valence-corrected chi connectivity index (χ2v) is 7.46. The molecule has 1 amide bonds. The number of halogens is 1. The van der Waals surface area contributed by atoms with Crippen molar-refractivity contribution in [1.29, 1.82) is 0 Å². The Balaban J connectivity index is 1.98. The molecular formula is C26H22FNO6. The third kappa shape index (κ3) is 3.83. The molecule has 4 rings (SSSR count). The summed E-state index contributed by atoms with van der Waals surface area (Å²) in [6, 6.07) is 15.8. The second-order valence-electron chi connectivity index (χ2n) is 7.46. The summed E-state index contributed by atoms with van der Waals surface area (Å²) in [5.41, 5.74) is 0.803. The Kier molecular flexibility index (Phi) is 6.23.